The molecule has 3 N–H and O–H groups in total. The summed E-state index contributed by atoms with van der Waals surface area (Å²) < 4.78 is 35.8. The Bertz CT molecular complexity index is 947. The molecule has 2 aromatic carbocycles. The highest BCUT2D eigenvalue weighted by Crippen LogP contribution is 2.41. The molecule has 7 nitrogen and oxygen atoms in total. The summed E-state index contributed by atoms with van der Waals surface area (Å²) in [5.74, 6) is -1.19. The molecule has 2 aliphatic rings. The maximum atomic E-state index is 15.1. The molecule has 2 fully saturated rings. The van der Waals surface area contributed by atoms with E-state index in [4.69, 9.17) is 4.74 Å². The molecule has 1 amide bonds. The second-order valence-electron chi connectivity index (χ2n) is 6.84. The lowest BCUT2D eigenvalue weighted by molar-refractivity contribution is -0.117. The molecule has 144 valence electrons. The lowest BCUT2D eigenvalue weighted by atomic mass is 9.83. The summed E-state index contributed by atoms with van der Waals surface area (Å²) in [4.78, 5) is 11.4. The van der Waals surface area contributed by atoms with Crippen LogP contribution >= 0.6 is 0 Å². The Hall–Kier alpha value is -2.55. The van der Waals surface area contributed by atoms with Crippen LogP contribution in [0.5, 0.6) is 17.2 Å². The number of fused-ring (bicyclic) bond motifs is 1. The van der Waals surface area contributed by atoms with E-state index in [9.17, 15) is 19.2 Å². The van der Waals surface area contributed by atoms with Crippen LogP contribution in [0.3, 0.4) is 0 Å². The Balaban J connectivity index is 1.68. The summed E-state index contributed by atoms with van der Waals surface area (Å²) in [7, 11) is 0. The second kappa shape index (κ2) is 6.88. The van der Waals surface area contributed by atoms with Crippen molar-refractivity contribution in [2.75, 3.05) is 17.5 Å². The molecule has 1 unspecified atom stereocenters. The number of ether oxygens (including phenoxy) is 1. The van der Waals surface area contributed by atoms with Gasteiger partial charge in [0.25, 0.3) is 5.91 Å². The number of halogens is 1. The molecule has 1 aliphatic carbocycles. The molecule has 1 saturated carbocycles. The van der Waals surface area contributed by atoms with E-state index in [-0.39, 0.29) is 34.5 Å². The van der Waals surface area contributed by atoms with Crippen LogP contribution in [0.15, 0.2) is 18.2 Å². The molecule has 9 heteroatoms. The molecule has 27 heavy (non-hydrogen) atoms. The van der Waals surface area contributed by atoms with Crippen LogP contribution < -0.4 is 13.8 Å². The molecular formula is C18H19FN2O5S. The van der Waals surface area contributed by atoms with E-state index in [1.54, 1.807) is 0 Å². The molecule has 1 saturated heterocycles. The van der Waals surface area contributed by atoms with Gasteiger partial charge in [0, 0.05) is 5.39 Å². The highest BCUT2D eigenvalue weighted by molar-refractivity contribution is 7.85. The Morgan fingerprint density at radius 2 is 2.00 bits per heavy atom. The minimum atomic E-state index is -1.97. The molecule has 0 aromatic heterocycles. The number of anilines is 1. The number of carbonyl (C=O) groups is 1. The fourth-order valence-electron chi connectivity index (χ4n) is 3.36. The van der Waals surface area contributed by atoms with Gasteiger partial charge in [-0.2, -0.15) is 0 Å². The molecule has 2 aromatic rings. The van der Waals surface area contributed by atoms with Gasteiger partial charge in [-0.25, -0.2) is 8.60 Å². The number of hydrogen-bond acceptors (Lipinski definition) is 5. The Kier molecular flexibility index (Phi) is 4.55. The smallest absolute Gasteiger partial charge is 0.253 e. The third-order valence-electron chi connectivity index (χ3n) is 5.06. The van der Waals surface area contributed by atoms with Gasteiger partial charge in [-0.3, -0.25) is 13.8 Å². The number of aromatic hydroxyl groups is 2. The van der Waals surface area contributed by atoms with Crippen LogP contribution in [0, 0.1) is 11.7 Å². The number of nitrogens with zero attached hydrogens (tertiary/aromatic N) is 1. The van der Waals surface area contributed by atoms with Gasteiger partial charge in [0.15, 0.2) is 17.3 Å². The quantitative estimate of drug-likeness (QED) is 0.724. The summed E-state index contributed by atoms with van der Waals surface area (Å²) in [5.41, 5.74) is -0.328. The van der Waals surface area contributed by atoms with Crippen molar-refractivity contribution in [3.63, 3.8) is 0 Å². The highest BCUT2D eigenvalue weighted by Gasteiger charge is 2.32. The standard InChI is InChI=1S/C18H19FN2O5S/c19-17-12-8-15(26-5-4-10-2-1-3-10)13(22)6-11(12)7-14(23)18(17)21-9-16(24)20-27(21)25/h6-8,10,22-23H,1-5,9H2,(H,20,24). The van der Waals surface area contributed by atoms with Gasteiger partial charge < -0.3 is 14.9 Å². The van der Waals surface area contributed by atoms with Crippen LogP contribution in [-0.4, -0.2) is 33.5 Å². The van der Waals surface area contributed by atoms with Gasteiger partial charge in [-0.1, -0.05) is 19.3 Å². The van der Waals surface area contributed by atoms with Gasteiger partial charge in [0.05, 0.1) is 6.61 Å². The number of hydrogen-bond donors (Lipinski definition) is 3. The van der Waals surface area contributed by atoms with Crippen molar-refractivity contribution in [2.24, 2.45) is 5.92 Å². The zero-order valence-electron chi connectivity index (χ0n) is 14.4. The summed E-state index contributed by atoms with van der Waals surface area (Å²) >= 11 is -1.97. The molecule has 1 heterocycles. The van der Waals surface area contributed by atoms with Crippen LogP contribution in [0.1, 0.15) is 25.7 Å². The third kappa shape index (κ3) is 3.27. The van der Waals surface area contributed by atoms with Crippen molar-refractivity contribution >= 4 is 33.5 Å². The molecular weight excluding hydrogens is 375 g/mol. The van der Waals surface area contributed by atoms with E-state index in [1.165, 1.54) is 37.5 Å². The minimum Gasteiger partial charge on any atom is -0.506 e. The van der Waals surface area contributed by atoms with Crippen LogP contribution in [0.2, 0.25) is 0 Å². The first-order valence-corrected chi connectivity index (χ1v) is 9.84. The third-order valence-corrected chi connectivity index (χ3v) is 6.17. The van der Waals surface area contributed by atoms with Crippen LogP contribution in [-0.2, 0) is 16.0 Å². The molecule has 4 rings (SSSR count). The maximum Gasteiger partial charge on any atom is 0.253 e. The Labute approximate surface area is 157 Å². The van der Waals surface area contributed by atoms with Crippen molar-refractivity contribution in [1.29, 1.82) is 0 Å². The van der Waals surface area contributed by atoms with Crippen molar-refractivity contribution in [3.05, 3.63) is 24.0 Å². The average Bonchev–Trinajstić information content (AvgIpc) is 2.89. The van der Waals surface area contributed by atoms with E-state index in [0.717, 1.165) is 10.7 Å². The summed E-state index contributed by atoms with van der Waals surface area (Å²) in [6.45, 7) is 0.0935. The summed E-state index contributed by atoms with van der Waals surface area (Å²) in [5, 5.41) is 20.7. The normalized spacial score (nSPS) is 20.0. The zero-order valence-corrected chi connectivity index (χ0v) is 15.2. The number of phenolic OH excluding ortho intramolecular Hbond substituents is 2. The number of phenols is 2. The van der Waals surface area contributed by atoms with Crippen LogP contribution in [0.4, 0.5) is 10.1 Å². The zero-order chi connectivity index (χ0) is 19.1. The lowest BCUT2D eigenvalue weighted by Gasteiger charge is -2.25. The molecule has 1 atom stereocenters. The first-order chi connectivity index (χ1) is 12.9. The average molecular weight is 394 g/mol. The van der Waals surface area contributed by atoms with Crippen molar-refractivity contribution < 1.29 is 28.3 Å². The van der Waals surface area contributed by atoms with Crippen LogP contribution in [0.25, 0.3) is 10.8 Å². The Morgan fingerprint density at radius 1 is 1.26 bits per heavy atom. The maximum absolute atomic E-state index is 15.1. The number of carbonyl (C=O) groups excluding carboxylic acids is 1. The van der Waals surface area contributed by atoms with E-state index in [0.29, 0.717) is 12.5 Å². The fraction of sp³-hybridized carbons (Fsp3) is 0.389. The van der Waals surface area contributed by atoms with Crippen molar-refractivity contribution in [3.8, 4) is 17.2 Å². The monoisotopic (exact) mass is 394 g/mol. The largest absolute Gasteiger partial charge is 0.506 e. The summed E-state index contributed by atoms with van der Waals surface area (Å²) in [6.07, 6.45) is 4.48. The SMILES string of the molecule is O=C1CN(c2c(O)cc3cc(O)c(OCCC4CCC4)cc3c2F)S(=O)N1. The molecule has 0 radical (unpaired) electrons. The minimum absolute atomic E-state index is 0.0931. The fourth-order valence-corrected chi connectivity index (χ4v) is 4.30. The van der Waals surface area contributed by atoms with E-state index in [1.807, 2.05) is 0 Å². The highest BCUT2D eigenvalue weighted by atomic mass is 32.2. The number of rotatable bonds is 5. The first-order valence-electron chi connectivity index (χ1n) is 8.74. The topological polar surface area (TPSA) is 99.1 Å². The number of benzene rings is 2. The van der Waals surface area contributed by atoms with Gasteiger partial charge in [0.2, 0.25) is 11.2 Å². The van der Waals surface area contributed by atoms with E-state index >= 15 is 4.39 Å². The van der Waals surface area contributed by atoms with Crippen molar-refractivity contribution in [1.82, 2.24) is 4.72 Å². The van der Waals surface area contributed by atoms with E-state index < -0.39 is 28.6 Å². The van der Waals surface area contributed by atoms with Gasteiger partial charge in [0.1, 0.15) is 18.0 Å². The van der Waals surface area contributed by atoms with Gasteiger partial charge in [-0.05, 0) is 35.9 Å². The molecule has 1 aliphatic heterocycles. The van der Waals surface area contributed by atoms with Crippen molar-refractivity contribution in [2.45, 2.75) is 25.7 Å². The number of amides is 1. The number of nitrogens with one attached hydrogen (secondary N) is 1. The lowest BCUT2D eigenvalue weighted by Crippen LogP contribution is -2.23. The summed E-state index contributed by atoms with van der Waals surface area (Å²) in [6, 6.07) is 3.93. The first kappa shape index (κ1) is 17.8. The molecule has 0 spiro atoms. The molecule has 0 bridgehead atoms. The van der Waals surface area contributed by atoms with Gasteiger partial charge >= 0.3 is 0 Å². The Morgan fingerprint density at radius 3 is 2.63 bits per heavy atom. The second-order valence-corrected chi connectivity index (χ2v) is 7.99. The predicted molar refractivity (Wildman–Crippen MR) is 98.3 cm³/mol. The van der Waals surface area contributed by atoms with E-state index in [2.05, 4.69) is 4.72 Å². The predicted octanol–water partition coefficient (Wildman–Crippen LogP) is 2.47. The van der Waals surface area contributed by atoms with Gasteiger partial charge in [-0.15, -0.1) is 0 Å².